The SMILES string of the molecule is COc1cc(C(=O)N2C[C@H](NS(=O)(=O)N(C)C)[C@@H](C(C)C)C2)ccn1. The van der Waals surface area contributed by atoms with E-state index in [1.54, 1.807) is 17.0 Å². The van der Waals surface area contributed by atoms with Crippen LogP contribution < -0.4 is 9.46 Å². The topological polar surface area (TPSA) is 91.8 Å². The molecule has 0 spiro atoms. The molecule has 1 aliphatic heterocycles. The highest BCUT2D eigenvalue weighted by Gasteiger charge is 2.39. The molecule has 2 atom stereocenters. The number of ether oxygens (including phenoxy) is 1. The predicted molar refractivity (Wildman–Crippen MR) is 94.6 cm³/mol. The minimum absolute atomic E-state index is 0.0439. The van der Waals surface area contributed by atoms with Crippen molar-refractivity contribution in [3.8, 4) is 5.88 Å². The van der Waals surface area contributed by atoms with Gasteiger partial charge in [-0.25, -0.2) is 4.98 Å². The van der Waals surface area contributed by atoms with Crippen molar-refractivity contribution in [1.29, 1.82) is 0 Å². The zero-order valence-corrected chi connectivity index (χ0v) is 16.1. The summed E-state index contributed by atoms with van der Waals surface area (Å²) in [6.07, 6.45) is 1.52. The monoisotopic (exact) mass is 370 g/mol. The van der Waals surface area contributed by atoms with Crippen molar-refractivity contribution in [2.45, 2.75) is 19.9 Å². The Hall–Kier alpha value is -1.71. The van der Waals surface area contributed by atoms with E-state index in [1.165, 1.54) is 27.4 Å². The molecule has 1 saturated heterocycles. The van der Waals surface area contributed by atoms with Gasteiger partial charge in [0.2, 0.25) is 5.88 Å². The first-order valence-electron chi connectivity index (χ1n) is 8.14. The third-order valence-electron chi connectivity index (χ3n) is 4.48. The molecule has 1 aliphatic rings. The molecule has 1 fully saturated rings. The van der Waals surface area contributed by atoms with Gasteiger partial charge in [0.25, 0.3) is 16.1 Å². The number of carbonyl (C=O) groups excluding carboxylic acids is 1. The van der Waals surface area contributed by atoms with E-state index in [4.69, 9.17) is 4.74 Å². The first-order valence-corrected chi connectivity index (χ1v) is 9.58. The third kappa shape index (κ3) is 4.47. The van der Waals surface area contributed by atoms with Gasteiger partial charge in [-0.05, 0) is 17.9 Å². The summed E-state index contributed by atoms with van der Waals surface area (Å²) >= 11 is 0. The van der Waals surface area contributed by atoms with E-state index in [0.29, 0.717) is 24.5 Å². The Balaban J connectivity index is 2.19. The lowest BCUT2D eigenvalue weighted by atomic mass is 9.92. The Morgan fingerprint density at radius 2 is 2.08 bits per heavy atom. The summed E-state index contributed by atoms with van der Waals surface area (Å²) < 4.78 is 33.3. The second-order valence-electron chi connectivity index (χ2n) is 6.72. The van der Waals surface area contributed by atoms with Crippen LogP contribution in [0.15, 0.2) is 18.3 Å². The van der Waals surface area contributed by atoms with Gasteiger partial charge >= 0.3 is 0 Å². The fourth-order valence-corrected chi connectivity index (χ4v) is 3.77. The lowest BCUT2D eigenvalue weighted by Crippen LogP contribution is -2.46. The number of nitrogens with one attached hydrogen (secondary N) is 1. The molecule has 0 bridgehead atoms. The maximum Gasteiger partial charge on any atom is 0.279 e. The van der Waals surface area contributed by atoms with Crippen LogP contribution in [0.25, 0.3) is 0 Å². The number of hydrogen-bond donors (Lipinski definition) is 1. The summed E-state index contributed by atoms with van der Waals surface area (Å²) in [5, 5.41) is 0. The summed E-state index contributed by atoms with van der Waals surface area (Å²) in [5.41, 5.74) is 0.477. The second-order valence-corrected chi connectivity index (χ2v) is 8.63. The van der Waals surface area contributed by atoms with Gasteiger partial charge in [-0.3, -0.25) is 4.79 Å². The normalized spacial score (nSPS) is 21.2. The van der Waals surface area contributed by atoms with E-state index >= 15 is 0 Å². The maximum absolute atomic E-state index is 12.8. The van der Waals surface area contributed by atoms with Crippen LogP contribution in [0.2, 0.25) is 0 Å². The number of pyridine rings is 1. The fourth-order valence-electron chi connectivity index (χ4n) is 2.93. The molecule has 140 valence electrons. The molecule has 0 aliphatic carbocycles. The number of nitrogens with zero attached hydrogens (tertiary/aromatic N) is 3. The highest BCUT2D eigenvalue weighted by atomic mass is 32.2. The van der Waals surface area contributed by atoms with Crippen molar-refractivity contribution < 1.29 is 17.9 Å². The zero-order valence-electron chi connectivity index (χ0n) is 15.3. The molecule has 0 saturated carbocycles. The molecule has 1 aromatic heterocycles. The molecule has 1 amide bonds. The number of methoxy groups -OCH3 is 1. The van der Waals surface area contributed by atoms with Gasteiger partial charge in [-0.2, -0.15) is 17.4 Å². The highest BCUT2D eigenvalue weighted by molar-refractivity contribution is 7.87. The standard InChI is InChI=1S/C16H26N4O4S/c1-11(2)13-9-20(10-14(13)18-25(22,23)19(3)4)16(21)12-6-7-17-15(8-12)24-5/h6-8,11,13-14,18H,9-10H2,1-5H3/t13-,14+/m1/s1. The molecule has 8 nitrogen and oxygen atoms in total. The Kier molecular flexibility index (Phi) is 6.02. The van der Waals surface area contributed by atoms with E-state index in [-0.39, 0.29) is 23.8 Å². The molecule has 2 rings (SSSR count). The molecular formula is C16H26N4O4S. The van der Waals surface area contributed by atoms with Crippen LogP contribution in [-0.4, -0.2) is 68.9 Å². The van der Waals surface area contributed by atoms with Gasteiger partial charge in [0.1, 0.15) is 0 Å². The van der Waals surface area contributed by atoms with Crippen LogP contribution in [0.3, 0.4) is 0 Å². The van der Waals surface area contributed by atoms with Crippen LogP contribution in [0.1, 0.15) is 24.2 Å². The highest BCUT2D eigenvalue weighted by Crippen LogP contribution is 2.27. The van der Waals surface area contributed by atoms with Crippen molar-refractivity contribution in [3.63, 3.8) is 0 Å². The summed E-state index contributed by atoms with van der Waals surface area (Å²) in [6, 6.07) is 2.90. The minimum atomic E-state index is -3.56. The zero-order chi connectivity index (χ0) is 18.8. The van der Waals surface area contributed by atoms with Crippen molar-refractivity contribution in [2.24, 2.45) is 11.8 Å². The summed E-state index contributed by atoms with van der Waals surface area (Å²) in [5.74, 6) is 0.496. The molecule has 1 aromatic rings. The number of hydrogen-bond acceptors (Lipinski definition) is 5. The van der Waals surface area contributed by atoms with Gasteiger partial charge in [-0.15, -0.1) is 0 Å². The molecule has 1 N–H and O–H groups in total. The number of carbonyl (C=O) groups is 1. The Morgan fingerprint density at radius 1 is 1.40 bits per heavy atom. The Labute approximate surface area is 149 Å². The Bertz CT molecular complexity index is 721. The van der Waals surface area contributed by atoms with Crippen molar-refractivity contribution in [3.05, 3.63) is 23.9 Å². The molecule has 0 aromatic carbocycles. The average Bonchev–Trinajstić information content (AvgIpc) is 2.97. The number of likely N-dealkylation sites (tertiary alicyclic amines) is 1. The van der Waals surface area contributed by atoms with Crippen molar-refractivity contribution in [2.75, 3.05) is 34.3 Å². The third-order valence-corrected chi connectivity index (χ3v) is 6.04. The second kappa shape index (κ2) is 7.67. The van der Waals surface area contributed by atoms with E-state index in [2.05, 4.69) is 9.71 Å². The summed E-state index contributed by atoms with van der Waals surface area (Å²) in [6.45, 7) is 4.90. The van der Waals surface area contributed by atoms with Crippen molar-refractivity contribution in [1.82, 2.24) is 18.9 Å². The van der Waals surface area contributed by atoms with Crippen LogP contribution in [0.5, 0.6) is 5.88 Å². The first kappa shape index (κ1) is 19.6. The largest absolute Gasteiger partial charge is 0.481 e. The summed E-state index contributed by atoms with van der Waals surface area (Å²) in [7, 11) is 0.896. The van der Waals surface area contributed by atoms with E-state index < -0.39 is 10.2 Å². The van der Waals surface area contributed by atoms with Crippen LogP contribution in [0.4, 0.5) is 0 Å². The van der Waals surface area contributed by atoms with E-state index in [9.17, 15) is 13.2 Å². The fraction of sp³-hybridized carbons (Fsp3) is 0.625. The molecule has 0 radical (unpaired) electrons. The summed E-state index contributed by atoms with van der Waals surface area (Å²) in [4.78, 5) is 18.5. The first-order chi connectivity index (χ1) is 11.7. The number of amides is 1. The van der Waals surface area contributed by atoms with Gasteiger partial charge in [0.15, 0.2) is 0 Å². The smallest absolute Gasteiger partial charge is 0.279 e. The minimum Gasteiger partial charge on any atom is -0.481 e. The van der Waals surface area contributed by atoms with Gasteiger partial charge in [0, 0.05) is 51.1 Å². The lowest BCUT2D eigenvalue weighted by Gasteiger charge is -2.24. The van der Waals surface area contributed by atoms with Gasteiger partial charge in [0.05, 0.1) is 7.11 Å². The van der Waals surface area contributed by atoms with Crippen LogP contribution in [0, 0.1) is 11.8 Å². The molecule has 2 heterocycles. The van der Waals surface area contributed by atoms with Crippen LogP contribution >= 0.6 is 0 Å². The number of aromatic nitrogens is 1. The maximum atomic E-state index is 12.8. The number of rotatable bonds is 6. The van der Waals surface area contributed by atoms with Gasteiger partial charge in [-0.1, -0.05) is 13.8 Å². The Morgan fingerprint density at radius 3 is 2.64 bits per heavy atom. The van der Waals surface area contributed by atoms with E-state index in [1.807, 2.05) is 13.8 Å². The van der Waals surface area contributed by atoms with Crippen molar-refractivity contribution >= 4 is 16.1 Å². The molecule has 0 unspecified atom stereocenters. The molecular weight excluding hydrogens is 344 g/mol. The quantitative estimate of drug-likeness (QED) is 0.791. The van der Waals surface area contributed by atoms with E-state index in [0.717, 1.165) is 4.31 Å². The molecule has 9 heteroatoms. The molecule has 25 heavy (non-hydrogen) atoms. The van der Waals surface area contributed by atoms with Crippen LogP contribution in [-0.2, 0) is 10.2 Å². The lowest BCUT2D eigenvalue weighted by molar-refractivity contribution is 0.0782. The van der Waals surface area contributed by atoms with Gasteiger partial charge < -0.3 is 9.64 Å². The average molecular weight is 370 g/mol. The predicted octanol–water partition coefficient (Wildman–Crippen LogP) is 0.583.